The maximum Gasteiger partial charge on any atom is 0.289 e. The number of benzene rings is 1. The highest BCUT2D eigenvalue weighted by atomic mass is 19.1. The summed E-state index contributed by atoms with van der Waals surface area (Å²) in [5, 5.41) is 0. The minimum atomic E-state index is -1.11. The minimum Gasteiger partial charge on any atom is -0.402 e. The standard InChI is InChI=1S/C12H12F2N2O2/c13-8-3-1-7(10(14)5-8)2-4-9(15)6-11(17)12(16)18/h1,3,5-6H,2,4,15H2,(H2,16,18). The van der Waals surface area contributed by atoms with E-state index in [1.165, 1.54) is 6.07 Å². The van der Waals surface area contributed by atoms with Crippen LogP contribution in [0.4, 0.5) is 8.78 Å². The van der Waals surface area contributed by atoms with Crippen LogP contribution in [0.15, 0.2) is 30.0 Å². The van der Waals surface area contributed by atoms with Crippen LogP contribution in [0.25, 0.3) is 0 Å². The summed E-state index contributed by atoms with van der Waals surface area (Å²) in [6.07, 6.45) is 1.27. The van der Waals surface area contributed by atoms with E-state index in [4.69, 9.17) is 11.5 Å². The fourth-order valence-corrected chi connectivity index (χ4v) is 1.32. The van der Waals surface area contributed by atoms with Gasteiger partial charge in [-0.1, -0.05) is 6.07 Å². The second kappa shape index (κ2) is 5.90. The van der Waals surface area contributed by atoms with Gasteiger partial charge in [-0.2, -0.15) is 0 Å². The topological polar surface area (TPSA) is 86.2 Å². The molecule has 0 unspecified atom stereocenters. The number of carbonyl (C=O) groups excluding carboxylic acids is 2. The molecule has 1 aromatic carbocycles. The van der Waals surface area contributed by atoms with E-state index in [2.05, 4.69) is 0 Å². The van der Waals surface area contributed by atoms with Crippen LogP contribution in [0, 0.1) is 11.6 Å². The summed E-state index contributed by atoms with van der Waals surface area (Å²) < 4.78 is 25.9. The molecule has 0 aliphatic rings. The van der Waals surface area contributed by atoms with Crippen molar-refractivity contribution in [2.75, 3.05) is 0 Å². The lowest BCUT2D eigenvalue weighted by molar-refractivity contribution is -0.133. The van der Waals surface area contributed by atoms with Crippen molar-refractivity contribution in [2.24, 2.45) is 11.5 Å². The van der Waals surface area contributed by atoms with Gasteiger partial charge in [0, 0.05) is 17.8 Å². The number of hydrogen-bond donors (Lipinski definition) is 2. The van der Waals surface area contributed by atoms with E-state index in [0.717, 1.165) is 18.2 Å². The zero-order chi connectivity index (χ0) is 13.7. The Morgan fingerprint density at radius 2 is 1.89 bits per heavy atom. The average molecular weight is 254 g/mol. The maximum atomic E-state index is 13.3. The first-order valence-corrected chi connectivity index (χ1v) is 5.14. The number of nitrogens with two attached hydrogens (primary N) is 2. The molecule has 0 radical (unpaired) electrons. The number of allylic oxidation sites excluding steroid dienone is 1. The smallest absolute Gasteiger partial charge is 0.289 e. The Morgan fingerprint density at radius 3 is 2.44 bits per heavy atom. The molecule has 4 N–H and O–H groups in total. The Bertz CT molecular complexity index is 513. The molecule has 0 bridgehead atoms. The summed E-state index contributed by atoms with van der Waals surface area (Å²) in [5.41, 5.74) is 10.6. The molecule has 1 rings (SSSR count). The molecule has 0 fully saturated rings. The molecule has 96 valence electrons. The van der Waals surface area contributed by atoms with Crippen LogP contribution in [0.2, 0.25) is 0 Å². The zero-order valence-electron chi connectivity index (χ0n) is 9.45. The largest absolute Gasteiger partial charge is 0.402 e. The third kappa shape index (κ3) is 3.97. The number of hydrogen-bond acceptors (Lipinski definition) is 3. The van der Waals surface area contributed by atoms with Crippen molar-refractivity contribution < 1.29 is 18.4 Å². The van der Waals surface area contributed by atoms with Gasteiger partial charge < -0.3 is 11.5 Å². The molecule has 0 atom stereocenters. The van der Waals surface area contributed by atoms with Crippen LogP contribution >= 0.6 is 0 Å². The van der Waals surface area contributed by atoms with Gasteiger partial charge in [0.1, 0.15) is 11.6 Å². The summed E-state index contributed by atoms with van der Waals surface area (Å²) in [6.45, 7) is 0. The quantitative estimate of drug-likeness (QED) is 0.601. The van der Waals surface area contributed by atoms with Crippen molar-refractivity contribution in [1.82, 2.24) is 0 Å². The van der Waals surface area contributed by atoms with Gasteiger partial charge in [-0.25, -0.2) is 8.78 Å². The van der Waals surface area contributed by atoms with Crippen LogP contribution in [-0.4, -0.2) is 11.7 Å². The maximum absolute atomic E-state index is 13.3. The average Bonchev–Trinajstić information content (AvgIpc) is 2.27. The minimum absolute atomic E-state index is 0.113. The molecule has 0 aromatic heterocycles. The van der Waals surface area contributed by atoms with Crippen molar-refractivity contribution in [3.05, 3.63) is 47.2 Å². The lowest BCUT2D eigenvalue weighted by atomic mass is 10.1. The Kier molecular flexibility index (Phi) is 4.53. The fraction of sp³-hybridized carbons (Fsp3) is 0.167. The molecule has 0 spiro atoms. The van der Waals surface area contributed by atoms with Gasteiger partial charge >= 0.3 is 0 Å². The molecule has 0 aliphatic carbocycles. The van der Waals surface area contributed by atoms with Crippen LogP contribution in [0.5, 0.6) is 0 Å². The summed E-state index contributed by atoms with van der Waals surface area (Å²) in [4.78, 5) is 21.4. The third-order valence-electron chi connectivity index (χ3n) is 2.26. The highest BCUT2D eigenvalue weighted by Crippen LogP contribution is 2.12. The van der Waals surface area contributed by atoms with Crippen LogP contribution in [-0.2, 0) is 16.0 Å². The Morgan fingerprint density at radius 1 is 1.22 bits per heavy atom. The number of ketones is 1. The zero-order valence-corrected chi connectivity index (χ0v) is 9.45. The van der Waals surface area contributed by atoms with Gasteiger partial charge in [-0.15, -0.1) is 0 Å². The van der Waals surface area contributed by atoms with Crippen LogP contribution in [0.3, 0.4) is 0 Å². The summed E-state index contributed by atoms with van der Waals surface area (Å²) in [7, 11) is 0. The predicted octanol–water partition coefficient (Wildman–Crippen LogP) is 0.794. The Balaban J connectivity index is 2.65. The van der Waals surface area contributed by atoms with E-state index < -0.39 is 23.3 Å². The Labute approximate surface area is 102 Å². The third-order valence-corrected chi connectivity index (χ3v) is 2.26. The fourth-order valence-electron chi connectivity index (χ4n) is 1.32. The molecule has 0 aliphatic heterocycles. The van der Waals surface area contributed by atoms with Gasteiger partial charge in [0.05, 0.1) is 0 Å². The number of rotatable bonds is 5. The summed E-state index contributed by atoms with van der Waals surface area (Å²) in [6, 6.07) is 3.20. The van der Waals surface area contributed by atoms with E-state index in [1.807, 2.05) is 0 Å². The molecule has 0 saturated heterocycles. The van der Waals surface area contributed by atoms with Crippen molar-refractivity contribution in [2.45, 2.75) is 12.8 Å². The van der Waals surface area contributed by atoms with Crippen molar-refractivity contribution in [3.8, 4) is 0 Å². The molecule has 18 heavy (non-hydrogen) atoms. The van der Waals surface area contributed by atoms with E-state index >= 15 is 0 Å². The molecule has 6 heteroatoms. The first-order valence-electron chi connectivity index (χ1n) is 5.14. The lowest BCUT2D eigenvalue weighted by Crippen LogP contribution is -2.22. The molecule has 0 saturated carbocycles. The van der Waals surface area contributed by atoms with Crippen LogP contribution in [0.1, 0.15) is 12.0 Å². The number of aryl methyl sites for hydroxylation is 1. The van der Waals surface area contributed by atoms with Gasteiger partial charge in [-0.3, -0.25) is 9.59 Å². The summed E-state index contributed by atoms with van der Waals surface area (Å²) >= 11 is 0. The summed E-state index contributed by atoms with van der Waals surface area (Å²) in [5.74, 6) is -3.36. The van der Waals surface area contributed by atoms with E-state index in [-0.39, 0.29) is 24.1 Å². The monoisotopic (exact) mass is 254 g/mol. The number of halogens is 2. The second-order valence-electron chi connectivity index (χ2n) is 3.68. The van der Waals surface area contributed by atoms with Crippen molar-refractivity contribution in [3.63, 3.8) is 0 Å². The SMILES string of the molecule is NC(=O)C(=O)C=C(N)CCc1ccc(F)cc1F. The van der Waals surface area contributed by atoms with Crippen LogP contribution < -0.4 is 11.5 Å². The molecule has 4 nitrogen and oxygen atoms in total. The van der Waals surface area contributed by atoms with E-state index in [0.29, 0.717) is 0 Å². The number of carbonyl (C=O) groups is 2. The van der Waals surface area contributed by atoms with Gasteiger partial charge in [0.2, 0.25) is 5.78 Å². The number of primary amides is 1. The van der Waals surface area contributed by atoms with Gasteiger partial charge in [0.25, 0.3) is 5.91 Å². The first-order chi connectivity index (χ1) is 8.40. The highest BCUT2D eigenvalue weighted by Gasteiger charge is 2.07. The first kappa shape index (κ1) is 13.8. The Hall–Kier alpha value is -2.24. The molecular weight excluding hydrogens is 242 g/mol. The normalized spacial score (nSPS) is 11.3. The lowest BCUT2D eigenvalue weighted by Gasteiger charge is -2.03. The van der Waals surface area contributed by atoms with E-state index in [1.54, 1.807) is 0 Å². The number of amides is 1. The van der Waals surface area contributed by atoms with E-state index in [9.17, 15) is 18.4 Å². The van der Waals surface area contributed by atoms with Crippen molar-refractivity contribution in [1.29, 1.82) is 0 Å². The second-order valence-corrected chi connectivity index (χ2v) is 3.68. The molecule has 1 aromatic rings. The van der Waals surface area contributed by atoms with Gasteiger partial charge in [0.15, 0.2) is 0 Å². The molecule has 0 heterocycles. The van der Waals surface area contributed by atoms with Gasteiger partial charge in [-0.05, 0) is 24.5 Å². The highest BCUT2D eigenvalue weighted by molar-refractivity contribution is 6.40. The molecular formula is C12H12F2N2O2. The molecule has 1 amide bonds. The van der Waals surface area contributed by atoms with Crippen molar-refractivity contribution >= 4 is 11.7 Å². The predicted molar refractivity (Wildman–Crippen MR) is 61.2 cm³/mol.